The molecule has 1 heterocycles. The Morgan fingerprint density at radius 2 is 2.00 bits per heavy atom. The second kappa shape index (κ2) is 6.68. The molecule has 19 heavy (non-hydrogen) atoms. The van der Waals surface area contributed by atoms with Crippen LogP contribution in [-0.2, 0) is 12.8 Å². The topological polar surface area (TPSA) is 48.1 Å². The van der Waals surface area contributed by atoms with Crippen LogP contribution < -0.4 is 10.5 Å². The lowest BCUT2D eigenvalue weighted by molar-refractivity contribution is 0.340. The van der Waals surface area contributed by atoms with Crippen molar-refractivity contribution < 1.29 is 4.74 Å². The molecular weight excluding hydrogens is 256 g/mol. The van der Waals surface area contributed by atoms with Gasteiger partial charge in [0.25, 0.3) is 0 Å². The van der Waals surface area contributed by atoms with Crippen molar-refractivity contribution in [2.45, 2.75) is 26.7 Å². The van der Waals surface area contributed by atoms with Crippen LogP contribution >= 0.6 is 11.3 Å². The molecule has 0 fully saturated rings. The molecule has 0 spiro atoms. The standard InChI is InChI=1S/C15H20N2OS/c1-3-18-13-6-4-12(5-7-13)10-14-11(2)17-15(19-14)8-9-16/h4-7H,3,8-10,16H2,1-2H3. The first-order valence-corrected chi connectivity index (χ1v) is 7.41. The molecular formula is C15H20N2OS. The van der Waals surface area contributed by atoms with Gasteiger partial charge in [0.1, 0.15) is 5.75 Å². The summed E-state index contributed by atoms with van der Waals surface area (Å²) < 4.78 is 5.45. The molecule has 0 aliphatic rings. The van der Waals surface area contributed by atoms with E-state index in [9.17, 15) is 0 Å². The number of rotatable bonds is 6. The minimum absolute atomic E-state index is 0.662. The Morgan fingerprint density at radius 3 is 2.63 bits per heavy atom. The lowest BCUT2D eigenvalue weighted by atomic mass is 10.1. The molecule has 0 aliphatic heterocycles. The number of aromatic nitrogens is 1. The summed E-state index contributed by atoms with van der Waals surface area (Å²) in [6.07, 6.45) is 1.80. The molecule has 0 saturated carbocycles. The zero-order valence-corrected chi connectivity index (χ0v) is 12.3. The van der Waals surface area contributed by atoms with Crippen molar-refractivity contribution in [3.05, 3.63) is 45.4 Å². The lowest BCUT2D eigenvalue weighted by Gasteiger charge is -2.04. The van der Waals surface area contributed by atoms with Crippen molar-refractivity contribution in [3.8, 4) is 5.75 Å². The van der Waals surface area contributed by atoms with E-state index in [2.05, 4.69) is 24.0 Å². The van der Waals surface area contributed by atoms with Gasteiger partial charge in [0.2, 0.25) is 0 Å². The van der Waals surface area contributed by atoms with Crippen molar-refractivity contribution in [3.63, 3.8) is 0 Å². The highest BCUT2D eigenvalue weighted by atomic mass is 32.1. The molecule has 4 heteroatoms. The summed E-state index contributed by atoms with van der Waals surface area (Å²) in [5.41, 5.74) is 7.98. The Morgan fingerprint density at radius 1 is 1.26 bits per heavy atom. The van der Waals surface area contributed by atoms with Crippen molar-refractivity contribution in [1.29, 1.82) is 0 Å². The number of hydrogen-bond donors (Lipinski definition) is 1. The fourth-order valence-electron chi connectivity index (χ4n) is 1.94. The number of nitrogens with two attached hydrogens (primary N) is 1. The number of ether oxygens (including phenoxy) is 1. The predicted octanol–water partition coefficient (Wildman–Crippen LogP) is 2.94. The first-order valence-electron chi connectivity index (χ1n) is 6.60. The minimum atomic E-state index is 0.662. The summed E-state index contributed by atoms with van der Waals surface area (Å²) in [5, 5.41) is 1.14. The zero-order valence-electron chi connectivity index (χ0n) is 11.5. The molecule has 0 amide bonds. The zero-order chi connectivity index (χ0) is 13.7. The lowest BCUT2D eigenvalue weighted by Crippen LogP contribution is -2.01. The SMILES string of the molecule is CCOc1ccc(Cc2sc(CCN)nc2C)cc1. The molecule has 0 bridgehead atoms. The molecule has 1 aromatic heterocycles. The molecule has 0 atom stereocenters. The fraction of sp³-hybridized carbons (Fsp3) is 0.400. The van der Waals surface area contributed by atoms with E-state index < -0.39 is 0 Å². The summed E-state index contributed by atoms with van der Waals surface area (Å²) in [6, 6.07) is 8.28. The number of nitrogens with zero attached hydrogens (tertiary/aromatic N) is 1. The van der Waals surface area contributed by atoms with Crippen LogP contribution in [0.1, 0.15) is 28.1 Å². The predicted molar refractivity (Wildman–Crippen MR) is 80.0 cm³/mol. The molecule has 0 unspecified atom stereocenters. The second-order valence-corrected chi connectivity index (χ2v) is 5.58. The average Bonchev–Trinajstić information content (AvgIpc) is 2.73. The van der Waals surface area contributed by atoms with Gasteiger partial charge < -0.3 is 10.5 Å². The normalized spacial score (nSPS) is 10.7. The maximum absolute atomic E-state index is 5.57. The highest BCUT2D eigenvalue weighted by Gasteiger charge is 2.08. The highest BCUT2D eigenvalue weighted by Crippen LogP contribution is 2.23. The summed E-state index contributed by atoms with van der Waals surface area (Å²) in [7, 11) is 0. The smallest absolute Gasteiger partial charge is 0.119 e. The Kier molecular flexibility index (Phi) is 4.93. The van der Waals surface area contributed by atoms with E-state index in [0.29, 0.717) is 13.2 Å². The van der Waals surface area contributed by atoms with Gasteiger partial charge >= 0.3 is 0 Å². The highest BCUT2D eigenvalue weighted by molar-refractivity contribution is 7.11. The molecule has 2 N–H and O–H groups in total. The maximum Gasteiger partial charge on any atom is 0.119 e. The number of hydrogen-bond acceptors (Lipinski definition) is 4. The van der Waals surface area contributed by atoms with Gasteiger partial charge in [-0.15, -0.1) is 11.3 Å². The maximum atomic E-state index is 5.57. The van der Waals surface area contributed by atoms with Crippen molar-refractivity contribution in [1.82, 2.24) is 4.98 Å². The Balaban J connectivity index is 2.07. The average molecular weight is 276 g/mol. The van der Waals surface area contributed by atoms with Gasteiger partial charge in [-0.2, -0.15) is 0 Å². The van der Waals surface area contributed by atoms with Crippen LogP contribution in [0.2, 0.25) is 0 Å². The Hall–Kier alpha value is -1.39. The summed E-state index contributed by atoms with van der Waals surface area (Å²) in [5.74, 6) is 0.927. The first-order chi connectivity index (χ1) is 9.22. The van der Waals surface area contributed by atoms with Gasteiger partial charge in [-0.3, -0.25) is 0 Å². The van der Waals surface area contributed by atoms with Crippen LogP contribution in [0, 0.1) is 6.92 Å². The van der Waals surface area contributed by atoms with Crippen molar-refractivity contribution >= 4 is 11.3 Å². The third-order valence-corrected chi connectivity index (χ3v) is 4.11. The minimum Gasteiger partial charge on any atom is -0.494 e. The van der Waals surface area contributed by atoms with Crippen molar-refractivity contribution in [2.24, 2.45) is 5.73 Å². The van der Waals surface area contributed by atoms with Crippen LogP contribution in [-0.4, -0.2) is 18.1 Å². The third-order valence-electron chi connectivity index (χ3n) is 2.89. The number of benzene rings is 1. The Labute approximate surface area is 118 Å². The molecule has 0 radical (unpaired) electrons. The van der Waals surface area contributed by atoms with Gasteiger partial charge in [0.05, 0.1) is 17.3 Å². The molecule has 3 nitrogen and oxygen atoms in total. The number of thiazole rings is 1. The summed E-state index contributed by atoms with van der Waals surface area (Å²) in [4.78, 5) is 5.88. The molecule has 102 valence electrons. The molecule has 1 aromatic carbocycles. The summed E-state index contributed by atoms with van der Waals surface area (Å²) in [6.45, 7) is 5.43. The van der Waals surface area contributed by atoms with Crippen molar-refractivity contribution in [2.75, 3.05) is 13.2 Å². The van der Waals surface area contributed by atoms with Crippen LogP contribution in [0.3, 0.4) is 0 Å². The Bertz CT molecular complexity index is 519. The van der Waals surface area contributed by atoms with Gasteiger partial charge in [-0.25, -0.2) is 4.98 Å². The van der Waals surface area contributed by atoms with Gasteiger partial charge in [-0.05, 0) is 38.1 Å². The van der Waals surface area contributed by atoms with Crippen LogP contribution in [0.4, 0.5) is 0 Å². The molecule has 2 aromatic rings. The first kappa shape index (κ1) is 14.0. The van der Waals surface area contributed by atoms with E-state index in [1.165, 1.54) is 10.4 Å². The van der Waals surface area contributed by atoms with E-state index >= 15 is 0 Å². The quantitative estimate of drug-likeness (QED) is 0.882. The van der Waals surface area contributed by atoms with Gasteiger partial charge in [0.15, 0.2) is 0 Å². The largest absolute Gasteiger partial charge is 0.494 e. The van der Waals surface area contributed by atoms with E-state index in [-0.39, 0.29) is 0 Å². The van der Waals surface area contributed by atoms with Crippen LogP contribution in [0.15, 0.2) is 24.3 Å². The molecule has 2 rings (SSSR count). The van der Waals surface area contributed by atoms with E-state index in [1.807, 2.05) is 19.1 Å². The number of aryl methyl sites for hydroxylation is 1. The van der Waals surface area contributed by atoms with Gasteiger partial charge in [-0.1, -0.05) is 12.1 Å². The third kappa shape index (κ3) is 3.78. The van der Waals surface area contributed by atoms with E-state index in [0.717, 1.165) is 29.3 Å². The molecule has 0 aliphatic carbocycles. The molecule has 0 saturated heterocycles. The van der Waals surface area contributed by atoms with E-state index in [1.54, 1.807) is 11.3 Å². The van der Waals surface area contributed by atoms with E-state index in [4.69, 9.17) is 10.5 Å². The van der Waals surface area contributed by atoms with Crippen LogP contribution in [0.5, 0.6) is 5.75 Å². The second-order valence-electron chi connectivity index (χ2n) is 4.41. The monoisotopic (exact) mass is 276 g/mol. The van der Waals surface area contributed by atoms with Crippen LogP contribution in [0.25, 0.3) is 0 Å². The fourth-order valence-corrected chi connectivity index (χ4v) is 3.06. The van der Waals surface area contributed by atoms with Gasteiger partial charge in [0, 0.05) is 17.7 Å². The summed E-state index contributed by atoms with van der Waals surface area (Å²) >= 11 is 1.77.